The van der Waals surface area contributed by atoms with E-state index in [1.165, 1.54) is 0 Å². The van der Waals surface area contributed by atoms with E-state index in [9.17, 15) is 4.79 Å². The van der Waals surface area contributed by atoms with Crippen LogP contribution in [0.5, 0.6) is 0 Å². The van der Waals surface area contributed by atoms with Crippen molar-refractivity contribution in [3.63, 3.8) is 0 Å². The smallest absolute Gasteiger partial charge is 0.291 e. The van der Waals surface area contributed by atoms with Gasteiger partial charge in [0.1, 0.15) is 11.6 Å². The van der Waals surface area contributed by atoms with Crippen molar-refractivity contribution in [3.05, 3.63) is 95.6 Å². The number of carbonyl (C=O) groups excluding carboxylic acids is 1. The Morgan fingerprint density at radius 3 is 2.86 bits per heavy atom. The van der Waals surface area contributed by atoms with E-state index in [1.54, 1.807) is 6.20 Å². The molecule has 4 aromatic rings. The van der Waals surface area contributed by atoms with Gasteiger partial charge < -0.3 is 9.88 Å². The summed E-state index contributed by atoms with van der Waals surface area (Å²) in [5, 5.41) is 9.98. The van der Waals surface area contributed by atoms with E-state index in [0.717, 1.165) is 22.6 Å². The molecule has 1 atom stereocenters. The van der Waals surface area contributed by atoms with Gasteiger partial charge in [-0.1, -0.05) is 48.5 Å². The van der Waals surface area contributed by atoms with Gasteiger partial charge in [-0.05, 0) is 17.2 Å². The number of hydrogen-bond donors (Lipinski definition) is 2. The highest BCUT2D eigenvalue weighted by atomic mass is 16.2. The molecule has 2 N–H and O–H groups in total. The number of carbonyl (C=O) groups is 1. The number of nitrogens with zero attached hydrogens (tertiary/aromatic N) is 4. The zero-order chi connectivity index (χ0) is 18.9. The van der Waals surface area contributed by atoms with Gasteiger partial charge in [-0.2, -0.15) is 0 Å². The minimum atomic E-state index is -0.311. The van der Waals surface area contributed by atoms with Gasteiger partial charge in [-0.25, -0.2) is 9.97 Å². The molecule has 0 saturated heterocycles. The van der Waals surface area contributed by atoms with E-state index in [0.29, 0.717) is 18.7 Å². The quantitative estimate of drug-likeness (QED) is 0.578. The van der Waals surface area contributed by atoms with E-state index < -0.39 is 0 Å². The van der Waals surface area contributed by atoms with Crippen LogP contribution in [0.2, 0.25) is 0 Å². The molecule has 0 bridgehead atoms. The van der Waals surface area contributed by atoms with Gasteiger partial charge in [-0.3, -0.25) is 9.89 Å². The average Bonchev–Trinajstić information content (AvgIpc) is 3.39. The molecule has 1 amide bonds. The summed E-state index contributed by atoms with van der Waals surface area (Å²) < 4.78 is 2.02. The number of rotatable bonds is 4. The van der Waals surface area contributed by atoms with Crippen LogP contribution in [-0.2, 0) is 12.8 Å². The summed E-state index contributed by atoms with van der Waals surface area (Å²) in [6, 6.07) is 17.9. The molecule has 0 aliphatic carbocycles. The molecule has 28 heavy (non-hydrogen) atoms. The molecule has 7 nitrogen and oxygen atoms in total. The van der Waals surface area contributed by atoms with Crippen LogP contribution in [0.1, 0.15) is 39.4 Å². The van der Waals surface area contributed by atoms with Crippen LogP contribution in [0.4, 0.5) is 0 Å². The monoisotopic (exact) mass is 370 g/mol. The second kappa shape index (κ2) is 6.77. The Labute approximate surface area is 161 Å². The topological polar surface area (TPSA) is 88.5 Å². The Balaban J connectivity index is 1.34. The first-order valence-electron chi connectivity index (χ1n) is 9.15. The molecule has 1 aliphatic heterocycles. The van der Waals surface area contributed by atoms with Crippen molar-refractivity contribution in [2.75, 3.05) is 0 Å². The second-order valence-corrected chi connectivity index (χ2v) is 6.78. The summed E-state index contributed by atoms with van der Waals surface area (Å²) in [5.74, 6) is 1.30. The lowest BCUT2D eigenvalue weighted by atomic mass is 9.99. The third kappa shape index (κ3) is 2.96. The fraction of sp³-hybridized carbons (Fsp3) is 0.143. The maximum atomic E-state index is 12.7. The van der Waals surface area contributed by atoms with E-state index in [-0.39, 0.29) is 17.8 Å². The van der Waals surface area contributed by atoms with Gasteiger partial charge in [0.05, 0.1) is 11.7 Å². The van der Waals surface area contributed by atoms with Crippen LogP contribution < -0.4 is 5.32 Å². The predicted octanol–water partition coefficient (Wildman–Crippen LogP) is 2.61. The minimum Gasteiger partial charge on any atom is -0.339 e. The maximum absolute atomic E-state index is 12.7. The SMILES string of the molecule is O=C(NC1Cc2ccccc2-n2ccnc21)c1n[nH]c(Cc2ccccc2)n1. The van der Waals surface area contributed by atoms with Crippen molar-refractivity contribution in [2.45, 2.75) is 18.9 Å². The Morgan fingerprint density at radius 2 is 1.96 bits per heavy atom. The maximum Gasteiger partial charge on any atom is 0.291 e. The van der Waals surface area contributed by atoms with Gasteiger partial charge >= 0.3 is 0 Å². The van der Waals surface area contributed by atoms with Crippen LogP contribution in [-0.4, -0.2) is 30.6 Å². The average molecular weight is 370 g/mol. The number of H-pyrrole nitrogens is 1. The van der Waals surface area contributed by atoms with Crippen LogP contribution >= 0.6 is 0 Å². The number of nitrogens with one attached hydrogen (secondary N) is 2. The highest BCUT2D eigenvalue weighted by Gasteiger charge is 2.28. The van der Waals surface area contributed by atoms with E-state index in [4.69, 9.17) is 0 Å². The van der Waals surface area contributed by atoms with Crippen molar-refractivity contribution in [2.24, 2.45) is 0 Å². The molecular weight excluding hydrogens is 352 g/mol. The predicted molar refractivity (Wildman–Crippen MR) is 103 cm³/mol. The van der Waals surface area contributed by atoms with Crippen LogP contribution in [0, 0.1) is 0 Å². The number of benzene rings is 2. The summed E-state index contributed by atoms with van der Waals surface area (Å²) in [5.41, 5.74) is 3.37. The lowest BCUT2D eigenvalue weighted by Crippen LogP contribution is -2.34. The zero-order valence-corrected chi connectivity index (χ0v) is 15.0. The molecule has 3 heterocycles. The summed E-state index contributed by atoms with van der Waals surface area (Å²) in [7, 11) is 0. The standard InChI is InChI=1S/C21H18N6O/c28-21(19-24-18(25-26-19)12-14-6-2-1-3-7-14)23-16-13-15-8-4-5-9-17(15)27-11-10-22-20(16)27/h1-11,16H,12-13H2,(H,23,28)(H,24,25,26). The van der Waals surface area contributed by atoms with E-state index >= 15 is 0 Å². The number of aromatic nitrogens is 5. The molecule has 2 aromatic carbocycles. The first kappa shape index (κ1) is 16.4. The van der Waals surface area contributed by atoms with E-state index in [1.807, 2.05) is 53.2 Å². The molecule has 5 rings (SSSR count). The van der Waals surface area contributed by atoms with Crippen LogP contribution in [0.25, 0.3) is 5.69 Å². The number of amides is 1. The highest BCUT2D eigenvalue weighted by molar-refractivity contribution is 5.90. The summed E-state index contributed by atoms with van der Waals surface area (Å²) in [4.78, 5) is 21.5. The molecule has 2 aromatic heterocycles. The number of hydrogen-bond acceptors (Lipinski definition) is 4. The normalized spacial score (nSPS) is 14.9. The lowest BCUT2D eigenvalue weighted by molar-refractivity contribution is 0.0923. The van der Waals surface area contributed by atoms with Gasteiger partial charge in [0, 0.05) is 25.2 Å². The van der Waals surface area contributed by atoms with Crippen molar-refractivity contribution in [1.82, 2.24) is 30.0 Å². The summed E-state index contributed by atoms with van der Waals surface area (Å²) >= 11 is 0. The molecule has 138 valence electrons. The van der Waals surface area contributed by atoms with Crippen molar-refractivity contribution in [1.29, 1.82) is 0 Å². The number of aromatic amines is 1. The number of fused-ring (bicyclic) bond motifs is 3. The van der Waals surface area contributed by atoms with E-state index in [2.05, 4.69) is 37.6 Å². The molecule has 0 saturated carbocycles. The zero-order valence-electron chi connectivity index (χ0n) is 15.0. The third-order valence-electron chi connectivity index (χ3n) is 4.91. The Bertz CT molecular complexity index is 1130. The molecule has 0 spiro atoms. The third-order valence-corrected chi connectivity index (χ3v) is 4.91. The van der Waals surface area contributed by atoms with Crippen molar-refractivity contribution < 1.29 is 4.79 Å². The Hall–Kier alpha value is -3.74. The fourth-order valence-electron chi connectivity index (χ4n) is 3.61. The molecule has 1 unspecified atom stereocenters. The molecule has 0 fully saturated rings. The number of para-hydroxylation sites is 1. The first-order valence-corrected chi connectivity index (χ1v) is 9.15. The summed E-state index contributed by atoms with van der Waals surface area (Å²) in [6.07, 6.45) is 4.95. The molecule has 1 aliphatic rings. The Morgan fingerprint density at radius 1 is 1.14 bits per heavy atom. The molecule has 0 radical (unpaired) electrons. The molecule has 7 heteroatoms. The lowest BCUT2D eigenvalue weighted by Gasteiger charge is -2.26. The first-order chi connectivity index (χ1) is 13.8. The van der Waals surface area contributed by atoms with Crippen LogP contribution in [0.3, 0.4) is 0 Å². The second-order valence-electron chi connectivity index (χ2n) is 6.78. The van der Waals surface area contributed by atoms with Gasteiger partial charge in [0.25, 0.3) is 5.91 Å². The highest BCUT2D eigenvalue weighted by Crippen LogP contribution is 2.29. The van der Waals surface area contributed by atoms with Crippen LogP contribution in [0.15, 0.2) is 67.0 Å². The van der Waals surface area contributed by atoms with Crippen molar-refractivity contribution in [3.8, 4) is 5.69 Å². The largest absolute Gasteiger partial charge is 0.339 e. The van der Waals surface area contributed by atoms with Gasteiger partial charge in [-0.15, -0.1) is 5.10 Å². The molecular formula is C21H18N6O. The Kier molecular flexibility index (Phi) is 3.97. The fourth-order valence-corrected chi connectivity index (χ4v) is 3.61. The summed E-state index contributed by atoms with van der Waals surface area (Å²) in [6.45, 7) is 0. The van der Waals surface area contributed by atoms with Gasteiger partial charge in [0.15, 0.2) is 0 Å². The van der Waals surface area contributed by atoms with Gasteiger partial charge in [0.2, 0.25) is 5.82 Å². The van der Waals surface area contributed by atoms with Crippen molar-refractivity contribution >= 4 is 5.91 Å². The number of imidazole rings is 1. The minimum absolute atomic E-state index is 0.142.